The van der Waals surface area contributed by atoms with E-state index in [0.717, 1.165) is 53.3 Å². The lowest BCUT2D eigenvalue weighted by Gasteiger charge is -2.27. The number of nitrogens with zero attached hydrogens (tertiary/aromatic N) is 1. The minimum absolute atomic E-state index is 0.0113. The van der Waals surface area contributed by atoms with Crippen LogP contribution in [0.2, 0.25) is 0 Å². The number of guanidine groups is 1. The number of carbonyl (C=O) groups excluding carboxylic acids is 1. The summed E-state index contributed by atoms with van der Waals surface area (Å²) < 4.78 is 11.7. The zero-order valence-electron chi connectivity index (χ0n) is 29.4. The summed E-state index contributed by atoms with van der Waals surface area (Å²) in [5.74, 6) is 2.13. The smallest absolute Gasteiger partial charge is 0.192 e. The third-order valence-electron chi connectivity index (χ3n) is 9.35. The van der Waals surface area contributed by atoms with Crippen molar-refractivity contribution >= 4 is 28.2 Å². The number of Topliss-reactive ketones (excluding diaryl/α,β-unsaturated/α-hetero) is 1. The molecule has 0 aromatic heterocycles. The van der Waals surface area contributed by atoms with E-state index in [1.807, 2.05) is 66.7 Å². The van der Waals surface area contributed by atoms with E-state index in [2.05, 4.69) is 22.4 Å². The van der Waals surface area contributed by atoms with Crippen LogP contribution in [-0.2, 0) is 24.2 Å². The first-order valence-electron chi connectivity index (χ1n) is 17.6. The van der Waals surface area contributed by atoms with E-state index in [1.165, 1.54) is 5.56 Å². The molecule has 5 rings (SSSR count). The maximum Gasteiger partial charge on any atom is 0.192 e. The van der Waals surface area contributed by atoms with Crippen LogP contribution in [0.25, 0.3) is 10.8 Å². The molecule has 0 heterocycles. The second kappa shape index (κ2) is 18.1. The molecule has 0 amide bonds. The largest absolute Gasteiger partial charge is 0.508 e. The quantitative estimate of drug-likeness (QED) is 0.0429. The number of allylic oxidation sites excluding steroid dienone is 3. The molecule has 3 atom stereocenters. The van der Waals surface area contributed by atoms with Gasteiger partial charge in [0.1, 0.15) is 23.9 Å². The summed E-state index contributed by atoms with van der Waals surface area (Å²) in [4.78, 5) is 16.9. The van der Waals surface area contributed by atoms with Crippen LogP contribution in [0.15, 0.2) is 108 Å². The van der Waals surface area contributed by atoms with Crippen molar-refractivity contribution in [1.82, 2.24) is 0 Å². The van der Waals surface area contributed by atoms with E-state index in [0.29, 0.717) is 43.3 Å². The predicted molar refractivity (Wildman–Crippen MR) is 204 cm³/mol. The fourth-order valence-corrected chi connectivity index (χ4v) is 6.60. The Bertz CT molecular complexity index is 1880. The third kappa shape index (κ3) is 11.1. The highest BCUT2D eigenvalue weighted by atomic mass is 16.5. The number of phenolic OH excluding ortho intramolecular Hbond substituents is 1. The number of ketones is 1. The Labute approximate surface area is 300 Å². The van der Waals surface area contributed by atoms with Gasteiger partial charge in [0.15, 0.2) is 17.5 Å². The first-order chi connectivity index (χ1) is 24.7. The number of benzene rings is 4. The number of nitrogens with one attached hydrogen (secondary N) is 1. The molecule has 9 heteroatoms. The first-order valence-corrected chi connectivity index (χ1v) is 17.6. The van der Waals surface area contributed by atoms with E-state index in [9.17, 15) is 20.1 Å². The number of aliphatic hydroxyl groups is 2. The van der Waals surface area contributed by atoms with Crippen LogP contribution in [0.5, 0.6) is 17.2 Å². The zero-order valence-corrected chi connectivity index (χ0v) is 29.4. The molecule has 6 N–H and O–H groups in total. The molecular formula is C42H49N3O6. The van der Waals surface area contributed by atoms with Crippen molar-refractivity contribution in [1.29, 1.82) is 0 Å². The molecule has 1 aliphatic rings. The fourth-order valence-electron chi connectivity index (χ4n) is 6.60. The molecule has 0 fully saturated rings. The van der Waals surface area contributed by atoms with Gasteiger partial charge in [-0.3, -0.25) is 9.79 Å². The lowest BCUT2D eigenvalue weighted by atomic mass is 9.80. The molecule has 0 unspecified atom stereocenters. The summed E-state index contributed by atoms with van der Waals surface area (Å²) >= 11 is 0. The maximum absolute atomic E-state index is 13.0. The van der Waals surface area contributed by atoms with Gasteiger partial charge >= 0.3 is 0 Å². The molecule has 0 saturated heterocycles. The van der Waals surface area contributed by atoms with E-state index < -0.39 is 6.10 Å². The number of hydrogen-bond donors (Lipinski definition) is 5. The van der Waals surface area contributed by atoms with Gasteiger partial charge in [-0.15, -0.1) is 0 Å². The normalized spacial score (nSPS) is 16.5. The van der Waals surface area contributed by atoms with E-state index in [1.54, 1.807) is 32.4 Å². The van der Waals surface area contributed by atoms with Crippen LogP contribution >= 0.6 is 0 Å². The monoisotopic (exact) mass is 691 g/mol. The van der Waals surface area contributed by atoms with Gasteiger partial charge in [-0.25, -0.2) is 0 Å². The van der Waals surface area contributed by atoms with Gasteiger partial charge in [0, 0.05) is 25.6 Å². The highest BCUT2D eigenvalue weighted by molar-refractivity contribution is 5.92. The van der Waals surface area contributed by atoms with E-state index in [4.69, 9.17) is 15.2 Å². The number of aliphatic imine (C=N–C) groups is 1. The van der Waals surface area contributed by atoms with Gasteiger partial charge in [-0.05, 0) is 126 Å². The molecule has 4 aromatic carbocycles. The summed E-state index contributed by atoms with van der Waals surface area (Å²) in [6.07, 6.45) is 9.91. The number of rotatable bonds is 17. The van der Waals surface area contributed by atoms with Gasteiger partial charge in [-0.2, -0.15) is 0 Å². The molecule has 0 radical (unpaired) electrons. The summed E-state index contributed by atoms with van der Waals surface area (Å²) in [6.45, 7) is 0.333. The lowest BCUT2D eigenvalue weighted by Crippen LogP contribution is -2.23. The Hall–Kier alpha value is -5.28. The minimum Gasteiger partial charge on any atom is -0.508 e. The highest BCUT2D eigenvalue weighted by Crippen LogP contribution is 2.32. The number of aliphatic hydroxyl groups excluding tert-OH is 2. The van der Waals surface area contributed by atoms with Crippen molar-refractivity contribution in [2.75, 3.05) is 19.5 Å². The number of anilines is 1. The average molecular weight is 692 g/mol. The minimum atomic E-state index is -0.796. The van der Waals surface area contributed by atoms with E-state index in [-0.39, 0.29) is 35.5 Å². The standard InChI is InChI=1S/C42H49N3O6/c1-44-42(43)45-35-9-5-7-28(21-35)6-3-4-8-31-14-17-37(47)24-34(31)25-39(49)26-38(48)16-11-29-12-19-40(50-2)41(22-29)51-27-30-10-13-33-23-36(46)18-15-32(33)20-30/h5,7,9-10,12-15,17-24,31,34,39,46-47,49H,3-4,6,8,11,16,25-27H2,1-2H3,(H3,43,44,45)/t31-,34+,39+/m1/s1. The van der Waals surface area contributed by atoms with Crippen LogP contribution < -0.4 is 20.5 Å². The number of unbranched alkanes of at least 4 members (excludes halogenated alkanes) is 1. The predicted octanol–water partition coefficient (Wildman–Crippen LogP) is 7.79. The SMILES string of the molecule is CN=C(N)Nc1cccc(CCCC[C@@H]2C=CC(O)=C[C@H]2C[C@H](O)CC(=O)CCc2ccc(OC)c(OCc3ccc4cc(O)ccc4c3)c2)c1. The van der Waals surface area contributed by atoms with Crippen LogP contribution in [0.1, 0.15) is 55.2 Å². The Morgan fingerprint density at radius 1 is 0.902 bits per heavy atom. The lowest BCUT2D eigenvalue weighted by molar-refractivity contribution is -0.121. The Morgan fingerprint density at radius 3 is 2.51 bits per heavy atom. The van der Waals surface area contributed by atoms with Crippen LogP contribution in [0.3, 0.4) is 0 Å². The number of aromatic hydroxyl groups is 1. The number of aryl methyl sites for hydroxylation is 2. The fraction of sp³-hybridized carbons (Fsp3) is 0.333. The number of nitrogens with two attached hydrogens (primary N) is 1. The topological polar surface area (TPSA) is 147 Å². The number of phenols is 1. The number of methoxy groups -OCH3 is 1. The Balaban J connectivity index is 1.08. The molecular weight excluding hydrogens is 642 g/mol. The van der Waals surface area contributed by atoms with Crippen molar-refractivity contribution in [2.24, 2.45) is 22.6 Å². The second-order valence-corrected chi connectivity index (χ2v) is 13.2. The number of hydrogen-bond acceptors (Lipinski definition) is 7. The Kier molecular flexibility index (Phi) is 13.1. The molecule has 0 spiro atoms. The summed E-state index contributed by atoms with van der Waals surface area (Å²) in [5, 5.41) is 35.9. The first kappa shape index (κ1) is 37.0. The molecule has 268 valence electrons. The maximum atomic E-state index is 13.0. The van der Waals surface area contributed by atoms with Gasteiger partial charge in [-0.1, -0.05) is 48.9 Å². The van der Waals surface area contributed by atoms with Crippen molar-refractivity contribution in [3.05, 3.63) is 120 Å². The van der Waals surface area contributed by atoms with Crippen molar-refractivity contribution in [3.8, 4) is 17.2 Å². The molecule has 51 heavy (non-hydrogen) atoms. The van der Waals surface area contributed by atoms with Gasteiger partial charge in [0.05, 0.1) is 13.2 Å². The van der Waals surface area contributed by atoms with Crippen molar-refractivity contribution in [2.45, 2.75) is 64.1 Å². The molecule has 1 aliphatic carbocycles. The summed E-state index contributed by atoms with van der Waals surface area (Å²) in [6, 6.07) is 25.0. The molecule has 0 aliphatic heterocycles. The second-order valence-electron chi connectivity index (χ2n) is 13.2. The molecule has 0 bridgehead atoms. The van der Waals surface area contributed by atoms with Crippen molar-refractivity contribution < 1.29 is 29.6 Å². The molecule has 9 nitrogen and oxygen atoms in total. The van der Waals surface area contributed by atoms with Crippen LogP contribution in [0.4, 0.5) is 5.69 Å². The summed E-state index contributed by atoms with van der Waals surface area (Å²) in [7, 11) is 3.24. The number of carbonyl (C=O) groups is 1. The third-order valence-corrected chi connectivity index (χ3v) is 9.35. The van der Waals surface area contributed by atoms with Crippen molar-refractivity contribution in [3.63, 3.8) is 0 Å². The number of ether oxygens (including phenoxy) is 2. The average Bonchev–Trinajstić information content (AvgIpc) is 3.12. The van der Waals surface area contributed by atoms with Gasteiger partial charge < -0.3 is 35.8 Å². The van der Waals surface area contributed by atoms with Crippen LogP contribution in [0, 0.1) is 11.8 Å². The zero-order chi connectivity index (χ0) is 36.2. The molecule has 0 saturated carbocycles. The van der Waals surface area contributed by atoms with Crippen LogP contribution in [-0.4, -0.2) is 47.3 Å². The highest BCUT2D eigenvalue weighted by Gasteiger charge is 2.25. The Morgan fingerprint density at radius 2 is 1.69 bits per heavy atom. The van der Waals surface area contributed by atoms with Gasteiger partial charge in [0.25, 0.3) is 0 Å². The van der Waals surface area contributed by atoms with E-state index >= 15 is 0 Å². The number of fused-ring (bicyclic) bond motifs is 1. The summed E-state index contributed by atoms with van der Waals surface area (Å²) in [5.41, 5.74) is 9.84. The van der Waals surface area contributed by atoms with Gasteiger partial charge in [0.2, 0.25) is 0 Å². The molecule has 4 aromatic rings.